The first-order valence-corrected chi connectivity index (χ1v) is 10.6. The van der Waals surface area contributed by atoms with Gasteiger partial charge < -0.3 is 27.0 Å². The minimum absolute atomic E-state index is 0.166. The van der Waals surface area contributed by atoms with Gasteiger partial charge in [-0.2, -0.15) is 0 Å². The Balaban J connectivity index is 1.37. The van der Waals surface area contributed by atoms with Crippen molar-refractivity contribution in [3.8, 4) is 0 Å². The lowest BCUT2D eigenvalue weighted by atomic mass is 10.1. The molecule has 3 aromatic rings. The lowest BCUT2D eigenvalue weighted by Crippen LogP contribution is -2.43. The third-order valence-electron chi connectivity index (χ3n) is 5.24. The number of anilines is 3. The number of aryl methyl sites for hydroxylation is 1. The number of hydrogen-bond donors (Lipinski definition) is 4. The number of thiophene rings is 1. The number of hydrogen-bond acceptors (Lipinski definition) is 7. The van der Waals surface area contributed by atoms with Crippen molar-refractivity contribution >= 4 is 44.7 Å². The van der Waals surface area contributed by atoms with E-state index in [0.717, 1.165) is 43.5 Å². The van der Waals surface area contributed by atoms with Crippen LogP contribution in [0.3, 0.4) is 0 Å². The summed E-state index contributed by atoms with van der Waals surface area (Å²) in [6.07, 6.45) is 0.766. The molecule has 1 aliphatic heterocycles. The van der Waals surface area contributed by atoms with Crippen LogP contribution in [-0.2, 0) is 6.42 Å². The molecule has 1 saturated heterocycles. The molecule has 1 aromatic carbocycles. The summed E-state index contributed by atoms with van der Waals surface area (Å²) in [5.41, 5.74) is 15.9. The Morgan fingerprint density at radius 2 is 1.97 bits per heavy atom. The van der Waals surface area contributed by atoms with Gasteiger partial charge >= 0.3 is 0 Å². The first kappa shape index (κ1) is 19.5. The average Bonchev–Trinajstić information content (AvgIpc) is 3.05. The molecule has 1 fully saturated rings. The zero-order valence-corrected chi connectivity index (χ0v) is 17.3. The molecule has 1 amide bonds. The number of aromatic nitrogens is 1. The predicted octanol–water partition coefficient (Wildman–Crippen LogP) is 2.15. The Morgan fingerprint density at radius 1 is 1.24 bits per heavy atom. The summed E-state index contributed by atoms with van der Waals surface area (Å²) < 4.78 is 0. The number of nitrogens with one attached hydrogen (secondary N) is 2. The molecule has 7 nitrogen and oxygen atoms in total. The lowest BCUT2D eigenvalue weighted by Gasteiger charge is -2.29. The molecule has 0 unspecified atom stereocenters. The molecule has 2 aromatic heterocycles. The van der Waals surface area contributed by atoms with Crippen LogP contribution in [0.25, 0.3) is 10.2 Å². The zero-order valence-electron chi connectivity index (χ0n) is 16.5. The summed E-state index contributed by atoms with van der Waals surface area (Å²) in [6, 6.07) is 10.4. The van der Waals surface area contributed by atoms with Gasteiger partial charge in [0.05, 0.1) is 5.69 Å². The third kappa shape index (κ3) is 4.13. The van der Waals surface area contributed by atoms with Gasteiger partial charge in [-0.25, -0.2) is 4.98 Å². The Kier molecular flexibility index (Phi) is 5.55. The number of amides is 1. The Morgan fingerprint density at radius 3 is 2.69 bits per heavy atom. The molecule has 0 radical (unpaired) electrons. The molecule has 0 bridgehead atoms. The molecule has 3 heterocycles. The quantitative estimate of drug-likeness (QED) is 0.513. The normalized spacial score (nSPS) is 14.3. The van der Waals surface area contributed by atoms with E-state index in [1.54, 1.807) is 6.07 Å². The number of fused-ring (bicyclic) bond motifs is 1. The highest BCUT2D eigenvalue weighted by atomic mass is 32.1. The summed E-state index contributed by atoms with van der Waals surface area (Å²) in [6.45, 7) is 6.59. The molecule has 1 aliphatic rings. The van der Waals surface area contributed by atoms with E-state index in [1.165, 1.54) is 22.6 Å². The van der Waals surface area contributed by atoms with Crippen molar-refractivity contribution < 1.29 is 4.79 Å². The monoisotopic (exact) mass is 410 g/mol. The summed E-state index contributed by atoms with van der Waals surface area (Å²) in [7, 11) is 0. The van der Waals surface area contributed by atoms with E-state index < -0.39 is 0 Å². The fourth-order valence-corrected chi connectivity index (χ4v) is 4.79. The van der Waals surface area contributed by atoms with E-state index in [1.807, 2.05) is 6.92 Å². The smallest absolute Gasteiger partial charge is 0.263 e. The number of carbonyl (C=O) groups is 1. The highest BCUT2D eigenvalue weighted by Crippen LogP contribution is 2.35. The number of nitrogens with zero attached hydrogens (tertiary/aromatic N) is 2. The van der Waals surface area contributed by atoms with Gasteiger partial charge in [0.1, 0.15) is 15.5 Å². The average molecular weight is 411 g/mol. The molecular formula is C21H26N6OS. The van der Waals surface area contributed by atoms with Gasteiger partial charge in [0.2, 0.25) is 0 Å². The van der Waals surface area contributed by atoms with Crippen molar-refractivity contribution in [2.24, 2.45) is 0 Å². The van der Waals surface area contributed by atoms with Crippen LogP contribution in [0.15, 0.2) is 30.3 Å². The third-order valence-corrected chi connectivity index (χ3v) is 6.34. The van der Waals surface area contributed by atoms with E-state index in [4.69, 9.17) is 11.5 Å². The van der Waals surface area contributed by atoms with Gasteiger partial charge in [-0.05, 0) is 42.7 Å². The van der Waals surface area contributed by atoms with E-state index in [-0.39, 0.29) is 5.91 Å². The van der Waals surface area contributed by atoms with Crippen LogP contribution in [0.4, 0.5) is 17.2 Å². The van der Waals surface area contributed by atoms with Gasteiger partial charge in [0.25, 0.3) is 5.91 Å². The number of nitrogens with two attached hydrogens (primary N) is 2. The second kappa shape index (κ2) is 8.26. The lowest BCUT2D eigenvalue weighted by molar-refractivity contribution is 0.0959. The van der Waals surface area contributed by atoms with Crippen molar-refractivity contribution in [3.05, 3.63) is 46.3 Å². The number of piperazine rings is 1. The molecule has 6 N–H and O–H groups in total. The first-order valence-electron chi connectivity index (χ1n) is 9.81. The van der Waals surface area contributed by atoms with Crippen molar-refractivity contribution in [3.63, 3.8) is 0 Å². The van der Waals surface area contributed by atoms with E-state index >= 15 is 0 Å². The van der Waals surface area contributed by atoms with E-state index in [0.29, 0.717) is 27.8 Å². The minimum atomic E-state index is -0.166. The molecular weight excluding hydrogens is 384 g/mol. The fourth-order valence-electron chi connectivity index (χ4n) is 3.70. The van der Waals surface area contributed by atoms with Crippen molar-refractivity contribution in [1.82, 2.24) is 15.6 Å². The molecule has 8 heteroatoms. The molecule has 152 valence electrons. The number of nitrogen functional groups attached to an aromatic ring is 2. The fraction of sp³-hybridized carbons (Fsp3) is 0.333. The van der Waals surface area contributed by atoms with Crippen molar-refractivity contribution in [2.45, 2.75) is 13.3 Å². The van der Waals surface area contributed by atoms with Gasteiger partial charge in [0, 0.05) is 43.8 Å². The maximum atomic E-state index is 12.6. The van der Waals surface area contributed by atoms with Crippen LogP contribution < -0.4 is 27.0 Å². The van der Waals surface area contributed by atoms with Crippen LogP contribution in [0.1, 0.15) is 20.8 Å². The minimum Gasteiger partial charge on any atom is -0.397 e. The molecule has 0 spiro atoms. The van der Waals surface area contributed by atoms with Crippen LogP contribution >= 0.6 is 11.3 Å². The highest BCUT2D eigenvalue weighted by molar-refractivity contribution is 7.21. The van der Waals surface area contributed by atoms with Crippen LogP contribution in [-0.4, -0.2) is 43.6 Å². The maximum absolute atomic E-state index is 12.6. The second-order valence-corrected chi connectivity index (χ2v) is 8.30. The second-order valence-electron chi connectivity index (χ2n) is 7.30. The number of carbonyl (C=O) groups excluding carboxylic acids is 1. The summed E-state index contributed by atoms with van der Waals surface area (Å²) in [5.74, 6) is 0.272. The number of benzene rings is 1. The number of pyridine rings is 1. The van der Waals surface area contributed by atoms with Gasteiger partial charge in [-0.1, -0.05) is 12.1 Å². The van der Waals surface area contributed by atoms with E-state index in [9.17, 15) is 4.79 Å². The van der Waals surface area contributed by atoms with Gasteiger partial charge in [0.15, 0.2) is 0 Å². The Hall–Kier alpha value is -2.84. The van der Waals surface area contributed by atoms with Crippen LogP contribution in [0, 0.1) is 6.92 Å². The van der Waals surface area contributed by atoms with Gasteiger partial charge in [-0.3, -0.25) is 4.79 Å². The topological polar surface area (TPSA) is 109 Å². The molecule has 0 aliphatic carbocycles. The molecule has 4 rings (SSSR count). The predicted molar refractivity (Wildman–Crippen MR) is 121 cm³/mol. The van der Waals surface area contributed by atoms with Gasteiger partial charge in [-0.15, -0.1) is 11.3 Å². The summed E-state index contributed by atoms with van der Waals surface area (Å²) in [5, 5.41) is 7.16. The SMILES string of the molecule is Cc1cc(N)nc2sc(C(=O)NCCc3ccc(N4CCNCC4)cc3)c(N)c12. The Bertz CT molecular complexity index is 1020. The van der Waals surface area contributed by atoms with Crippen LogP contribution in [0.2, 0.25) is 0 Å². The maximum Gasteiger partial charge on any atom is 0.263 e. The van der Waals surface area contributed by atoms with E-state index in [2.05, 4.69) is 44.8 Å². The molecule has 0 saturated carbocycles. The molecule has 29 heavy (non-hydrogen) atoms. The Labute approximate surface area is 174 Å². The van der Waals surface area contributed by atoms with Crippen molar-refractivity contribution in [1.29, 1.82) is 0 Å². The zero-order chi connectivity index (χ0) is 20.4. The first-order chi connectivity index (χ1) is 14.0. The van der Waals surface area contributed by atoms with Crippen LogP contribution in [0.5, 0.6) is 0 Å². The molecule has 0 atom stereocenters. The summed E-state index contributed by atoms with van der Waals surface area (Å²) >= 11 is 1.29. The standard InChI is InChI=1S/C21H26N6OS/c1-13-12-16(22)26-21-17(13)18(23)19(29-21)20(28)25-7-6-14-2-4-15(5-3-14)27-10-8-24-9-11-27/h2-5,12,24H,6-11,23H2,1H3,(H2,22,26)(H,25,28). The summed E-state index contributed by atoms with van der Waals surface area (Å²) in [4.78, 5) is 20.5. The largest absolute Gasteiger partial charge is 0.397 e. The number of rotatable bonds is 5. The van der Waals surface area contributed by atoms with Crippen molar-refractivity contribution in [2.75, 3.05) is 49.1 Å². The highest BCUT2D eigenvalue weighted by Gasteiger charge is 2.19.